The standard InChI is InChI=1S/C11H19F2N3O2/c1-11(2,3)9(14)10-15-8(16-18-10)4-5-17-6-7(12)13/h7,9H,4-6,14H2,1-3H3/t9-/m1/s1. The van der Waals surface area contributed by atoms with Gasteiger partial charge in [-0.3, -0.25) is 0 Å². The van der Waals surface area contributed by atoms with E-state index in [1.54, 1.807) is 0 Å². The molecule has 1 aromatic rings. The Kier molecular flexibility index (Phi) is 5.15. The molecule has 18 heavy (non-hydrogen) atoms. The fraction of sp³-hybridized carbons (Fsp3) is 0.818. The first kappa shape index (κ1) is 15.0. The van der Waals surface area contributed by atoms with Gasteiger partial charge in [0.25, 0.3) is 6.43 Å². The lowest BCUT2D eigenvalue weighted by Gasteiger charge is -2.23. The van der Waals surface area contributed by atoms with Crippen LogP contribution in [0.15, 0.2) is 4.52 Å². The van der Waals surface area contributed by atoms with E-state index in [-0.39, 0.29) is 18.1 Å². The smallest absolute Gasteiger partial charge is 0.261 e. The van der Waals surface area contributed by atoms with E-state index in [2.05, 4.69) is 10.1 Å². The minimum Gasteiger partial charge on any atom is -0.375 e. The Balaban J connectivity index is 2.44. The SMILES string of the molecule is CC(C)(C)[C@H](N)c1nc(CCOCC(F)F)no1. The van der Waals surface area contributed by atoms with Crippen LogP contribution in [0.25, 0.3) is 0 Å². The molecule has 0 unspecified atom stereocenters. The topological polar surface area (TPSA) is 74.2 Å². The highest BCUT2D eigenvalue weighted by molar-refractivity contribution is 4.96. The zero-order valence-electron chi connectivity index (χ0n) is 10.8. The Labute approximate surface area is 105 Å². The Bertz CT molecular complexity index is 363. The van der Waals surface area contributed by atoms with Crippen molar-refractivity contribution in [1.29, 1.82) is 0 Å². The third-order valence-electron chi connectivity index (χ3n) is 2.40. The van der Waals surface area contributed by atoms with Gasteiger partial charge in [-0.15, -0.1) is 0 Å². The van der Waals surface area contributed by atoms with Gasteiger partial charge in [-0.05, 0) is 5.41 Å². The van der Waals surface area contributed by atoms with Crippen molar-refractivity contribution < 1.29 is 18.0 Å². The number of hydrogen-bond donors (Lipinski definition) is 1. The van der Waals surface area contributed by atoms with Crippen LogP contribution >= 0.6 is 0 Å². The maximum absolute atomic E-state index is 11.8. The summed E-state index contributed by atoms with van der Waals surface area (Å²) in [5.74, 6) is 0.769. The van der Waals surface area contributed by atoms with Gasteiger partial charge in [-0.2, -0.15) is 4.98 Å². The van der Waals surface area contributed by atoms with E-state index in [0.717, 1.165) is 0 Å². The van der Waals surface area contributed by atoms with Crippen molar-refractivity contribution in [3.63, 3.8) is 0 Å². The molecule has 2 N–H and O–H groups in total. The minimum absolute atomic E-state index is 0.133. The van der Waals surface area contributed by atoms with Crippen molar-refractivity contribution in [2.75, 3.05) is 13.2 Å². The molecule has 0 aliphatic rings. The Morgan fingerprint density at radius 2 is 2.06 bits per heavy atom. The average Bonchev–Trinajstić information content (AvgIpc) is 2.70. The predicted molar refractivity (Wildman–Crippen MR) is 61.2 cm³/mol. The lowest BCUT2D eigenvalue weighted by Crippen LogP contribution is -2.26. The van der Waals surface area contributed by atoms with Crippen LogP contribution in [0.4, 0.5) is 8.78 Å². The predicted octanol–water partition coefficient (Wildman–Crippen LogP) is 1.94. The molecule has 0 fully saturated rings. The zero-order valence-corrected chi connectivity index (χ0v) is 10.8. The summed E-state index contributed by atoms with van der Waals surface area (Å²) in [5, 5.41) is 3.73. The van der Waals surface area contributed by atoms with Crippen LogP contribution in [0.5, 0.6) is 0 Å². The van der Waals surface area contributed by atoms with Crippen LogP contribution in [-0.4, -0.2) is 29.8 Å². The van der Waals surface area contributed by atoms with Crippen LogP contribution in [0.2, 0.25) is 0 Å². The highest BCUT2D eigenvalue weighted by Crippen LogP contribution is 2.29. The third-order valence-corrected chi connectivity index (χ3v) is 2.40. The molecule has 0 spiro atoms. The Hall–Kier alpha value is -1.08. The second-order valence-electron chi connectivity index (χ2n) is 5.11. The van der Waals surface area contributed by atoms with Crippen LogP contribution in [0.1, 0.15) is 38.5 Å². The largest absolute Gasteiger partial charge is 0.375 e. The van der Waals surface area contributed by atoms with Crippen LogP contribution in [0, 0.1) is 5.41 Å². The van der Waals surface area contributed by atoms with Gasteiger partial charge >= 0.3 is 0 Å². The molecule has 0 radical (unpaired) electrons. The highest BCUT2D eigenvalue weighted by Gasteiger charge is 2.27. The summed E-state index contributed by atoms with van der Waals surface area (Å²) in [6.45, 7) is 5.45. The fourth-order valence-corrected chi connectivity index (χ4v) is 1.20. The molecule has 0 saturated carbocycles. The molecule has 0 aromatic carbocycles. The van der Waals surface area contributed by atoms with Crippen molar-refractivity contribution in [1.82, 2.24) is 10.1 Å². The van der Waals surface area contributed by atoms with Gasteiger partial charge in [-0.25, -0.2) is 8.78 Å². The first-order chi connectivity index (χ1) is 8.30. The van der Waals surface area contributed by atoms with E-state index in [1.807, 2.05) is 20.8 Å². The molecular formula is C11H19F2N3O2. The number of aromatic nitrogens is 2. The molecule has 1 aromatic heterocycles. The first-order valence-corrected chi connectivity index (χ1v) is 5.74. The normalized spacial score (nSPS) is 14.2. The Morgan fingerprint density at radius 3 is 2.61 bits per heavy atom. The molecule has 0 amide bonds. The summed E-state index contributed by atoms with van der Waals surface area (Å²) in [6.07, 6.45) is -2.13. The van der Waals surface area contributed by atoms with Crippen molar-refractivity contribution in [2.45, 2.75) is 39.7 Å². The second kappa shape index (κ2) is 6.19. The molecular weight excluding hydrogens is 244 g/mol. The highest BCUT2D eigenvalue weighted by atomic mass is 19.3. The zero-order chi connectivity index (χ0) is 13.8. The average molecular weight is 263 g/mol. The number of rotatable bonds is 6. The minimum atomic E-state index is -2.46. The van der Waals surface area contributed by atoms with Crippen LogP contribution < -0.4 is 5.73 Å². The van der Waals surface area contributed by atoms with Gasteiger partial charge in [0.1, 0.15) is 6.61 Å². The van der Waals surface area contributed by atoms with E-state index >= 15 is 0 Å². The first-order valence-electron chi connectivity index (χ1n) is 5.74. The van der Waals surface area contributed by atoms with E-state index < -0.39 is 13.0 Å². The molecule has 5 nitrogen and oxygen atoms in total. The molecule has 0 saturated heterocycles. The van der Waals surface area contributed by atoms with Gasteiger partial charge in [0, 0.05) is 6.42 Å². The molecule has 0 aliphatic carbocycles. The van der Waals surface area contributed by atoms with E-state index in [9.17, 15) is 8.78 Å². The van der Waals surface area contributed by atoms with E-state index in [1.165, 1.54) is 0 Å². The third kappa shape index (κ3) is 4.66. The fourth-order valence-electron chi connectivity index (χ4n) is 1.20. The molecule has 104 valence electrons. The Morgan fingerprint density at radius 1 is 1.39 bits per heavy atom. The monoisotopic (exact) mass is 263 g/mol. The van der Waals surface area contributed by atoms with Crippen molar-refractivity contribution >= 4 is 0 Å². The molecule has 1 heterocycles. The summed E-state index contributed by atoms with van der Waals surface area (Å²) in [4.78, 5) is 4.12. The van der Waals surface area contributed by atoms with Crippen LogP contribution in [0.3, 0.4) is 0 Å². The molecule has 0 aliphatic heterocycles. The lowest BCUT2D eigenvalue weighted by atomic mass is 9.87. The van der Waals surface area contributed by atoms with Gasteiger partial charge in [0.2, 0.25) is 5.89 Å². The summed E-state index contributed by atoms with van der Waals surface area (Å²) in [6, 6.07) is -0.360. The quantitative estimate of drug-likeness (QED) is 0.794. The lowest BCUT2D eigenvalue weighted by molar-refractivity contribution is 0.0182. The summed E-state index contributed by atoms with van der Waals surface area (Å²) >= 11 is 0. The summed E-state index contributed by atoms with van der Waals surface area (Å²) in [5.41, 5.74) is 5.77. The number of halogens is 2. The van der Waals surface area contributed by atoms with Crippen molar-refractivity contribution in [3.8, 4) is 0 Å². The molecule has 1 atom stereocenters. The van der Waals surface area contributed by atoms with E-state index in [4.69, 9.17) is 15.0 Å². The maximum atomic E-state index is 11.8. The van der Waals surface area contributed by atoms with Gasteiger partial charge in [0.15, 0.2) is 5.82 Å². The number of hydrogen-bond acceptors (Lipinski definition) is 5. The van der Waals surface area contributed by atoms with Gasteiger partial charge in [0.05, 0.1) is 12.6 Å². The van der Waals surface area contributed by atoms with Gasteiger partial charge < -0.3 is 15.0 Å². The van der Waals surface area contributed by atoms with E-state index in [0.29, 0.717) is 18.1 Å². The molecule has 0 bridgehead atoms. The number of nitrogens with two attached hydrogens (primary N) is 1. The maximum Gasteiger partial charge on any atom is 0.261 e. The van der Waals surface area contributed by atoms with Crippen LogP contribution in [-0.2, 0) is 11.2 Å². The number of alkyl halides is 2. The van der Waals surface area contributed by atoms with Crippen molar-refractivity contribution in [2.24, 2.45) is 11.1 Å². The van der Waals surface area contributed by atoms with Crippen molar-refractivity contribution in [3.05, 3.63) is 11.7 Å². The summed E-state index contributed by atoms with van der Waals surface area (Å²) in [7, 11) is 0. The second-order valence-corrected chi connectivity index (χ2v) is 5.11. The molecule has 1 rings (SSSR count). The summed E-state index contributed by atoms with van der Waals surface area (Å²) < 4.78 is 33.4. The molecule has 7 heteroatoms. The number of ether oxygens (including phenoxy) is 1. The van der Waals surface area contributed by atoms with Gasteiger partial charge in [-0.1, -0.05) is 25.9 Å². The number of nitrogens with zero attached hydrogens (tertiary/aromatic N) is 2.